The van der Waals surface area contributed by atoms with Gasteiger partial charge in [0.25, 0.3) is 0 Å². The monoisotopic (exact) mass is 732 g/mol. The summed E-state index contributed by atoms with van der Waals surface area (Å²) in [6, 6.07) is 28.3. The van der Waals surface area contributed by atoms with E-state index < -0.39 is 0 Å². The number of thiazole rings is 2. The average Bonchev–Trinajstić information content (AvgIpc) is 3.88. The Morgan fingerprint density at radius 1 is 0.500 bits per heavy atom. The van der Waals surface area contributed by atoms with Gasteiger partial charge in [-0.3, -0.25) is 0 Å². The van der Waals surface area contributed by atoms with E-state index in [0.717, 1.165) is 30.9 Å². The highest BCUT2D eigenvalue weighted by molar-refractivity contribution is 7.34. The molecule has 8 heterocycles. The summed E-state index contributed by atoms with van der Waals surface area (Å²) in [6.45, 7) is 7.27. The van der Waals surface area contributed by atoms with Gasteiger partial charge in [-0.05, 0) is 83.6 Å². The molecule has 10 aromatic rings. The van der Waals surface area contributed by atoms with Crippen molar-refractivity contribution in [2.45, 2.75) is 0 Å². The second-order valence-corrected chi connectivity index (χ2v) is 19.0. The zero-order valence-electron chi connectivity index (χ0n) is 23.0. The van der Waals surface area contributed by atoms with Gasteiger partial charge in [0.15, 0.2) is 0 Å². The Bertz CT molecular complexity index is 2590. The van der Waals surface area contributed by atoms with Crippen molar-refractivity contribution in [3.8, 4) is 45.3 Å². The van der Waals surface area contributed by atoms with Gasteiger partial charge in [-0.2, -0.15) is 16.6 Å². The van der Waals surface area contributed by atoms with Crippen LogP contribution in [0.5, 0.6) is 0 Å². The summed E-state index contributed by atoms with van der Waals surface area (Å²) < 4.78 is 7.07. The summed E-state index contributed by atoms with van der Waals surface area (Å²) >= 11 is 13.6. The van der Waals surface area contributed by atoms with Crippen molar-refractivity contribution in [1.29, 1.82) is 5.26 Å². The molecule has 10 rings (SSSR count). The maximum absolute atomic E-state index is 9.20. The van der Waals surface area contributed by atoms with Gasteiger partial charge in [0.05, 0.1) is 36.8 Å². The molecule has 0 amide bonds. The molecule has 216 valence electrons. The van der Waals surface area contributed by atoms with E-state index in [1.54, 1.807) is 90.7 Å². The van der Waals surface area contributed by atoms with Crippen LogP contribution in [0.4, 0.5) is 5.00 Å². The summed E-state index contributed by atoms with van der Waals surface area (Å²) in [5.41, 5.74) is 2.05. The Hall–Kier alpha value is -3.82. The van der Waals surface area contributed by atoms with Crippen molar-refractivity contribution in [1.82, 2.24) is 9.97 Å². The number of rotatable bonds is 4. The third-order valence-electron chi connectivity index (χ3n) is 7.59. The van der Waals surface area contributed by atoms with Crippen LogP contribution in [-0.2, 0) is 0 Å². The molecule has 0 N–H and O–H groups in total. The molecule has 0 spiro atoms. The Balaban J connectivity index is 0.957. The fraction of sp³-hybridized carbons (Fsp3) is 0. The van der Waals surface area contributed by atoms with Crippen LogP contribution in [0.2, 0.25) is 0 Å². The minimum absolute atomic E-state index is 0.751. The molecule has 4 nitrogen and oxygen atoms in total. The number of hydrogen-bond acceptors (Lipinski definition) is 11. The average molecular weight is 733 g/mol. The summed E-state index contributed by atoms with van der Waals surface area (Å²) in [6.07, 6.45) is 0. The molecule has 2 aromatic carbocycles. The van der Waals surface area contributed by atoms with Gasteiger partial charge < -0.3 is 0 Å². The minimum Gasteiger partial charge on any atom is -0.235 e. The van der Waals surface area contributed by atoms with Gasteiger partial charge in [0.1, 0.15) is 21.0 Å². The smallest absolute Gasteiger partial charge is 0.235 e. The van der Waals surface area contributed by atoms with Crippen molar-refractivity contribution >= 4 is 146 Å². The summed E-state index contributed by atoms with van der Waals surface area (Å²) in [5.74, 6) is 0. The third kappa shape index (κ3) is 4.42. The fourth-order valence-electron chi connectivity index (χ4n) is 5.49. The number of nitriles is 1. The van der Waals surface area contributed by atoms with Gasteiger partial charge in [-0.15, -0.1) is 79.4 Å². The molecule has 12 heteroatoms. The van der Waals surface area contributed by atoms with E-state index >= 15 is 0 Å². The van der Waals surface area contributed by atoms with Crippen LogP contribution in [0, 0.1) is 17.9 Å². The SMILES string of the molecule is [C-]#[N+]c1cc2sc(-c3ccc(-c4nc5cc6cc7sc(-c8ccc(-c9cc%10sc(C#N)cc%10s9)s8)nc7cc6cc5s4)s3)cc2s1. The number of aromatic nitrogens is 2. The Kier molecular flexibility index (Phi) is 6.14. The van der Waals surface area contributed by atoms with Crippen molar-refractivity contribution in [3.05, 3.63) is 89.1 Å². The lowest BCUT2D eigenvalue weighted by Gasteiger charge is -1.97. The lowest BCUT2D eigenvalue weighted by atomic mass is 10.1. The number of fused-ring (bicyclic) bond motifs is 5. The summed E-state index contributed by atoms with van der Waals surface area (Å²) in [5, 5.41) is 14.4. The van der Waals surface area contributed by atoms with Crippen LogP contribution in [0.25, 0.3) is 94.1 Å². The molecule has 0 saturated carbocycles. The molecule has 0 saturated heterocycles. The summed E-state index contributed by atoms with van der Waals surface area (Å²) in [4.78, 5) is 21.8. The third-order valence-corrected chi connectivity index (χ3v) is 16.9. The first-order valence-corrected chi connectivity index (χ1v) is 20.3. The topological polar surface area (TPSA) is 53.9 Å². The highest BCUT2D eigenvalue weighted by Gasteiger charge is 2.16. The molecular formula is C34H12N4S8. The van der Waals surface area contributed by atoms with Crippen LogP contribution < -0.4 is 0 Å². The molecule has 46 heavy (non-hydrogen) atoms. The van der Waals surface area contributed by atoms with Crippen LogP contribution >= 0.6 is 90.7 Å². The molecule has 0 radical (unpaired) electrons. The fourth-order valence-corrected chi connectivity index (χ4v) is 14.1. The summed E-state index contributed by atoms with van der Waals surface area (Å²) in [7, 11) is 0. The van der Waals surface area contributed by atoms with Crippen LogP contribution in [0.15, 0.2) is 72.8 Å². The first kappa shape index (κ1) is 27.3. The molecule has 0 bridgehead atoms. The van der Waals surface area contributed by atoms with Crippen LogP contribution in [0.1, 0.15) is 4.88 Å². The number of thiophene rings is 6. The molecule has 0 aliphatic rings. The van der Waals surface area contributed by atoms with Gasteiger partial charge in [-0.1, -0.05) is 0 Å². The molecule has 0 unspecified atom stereocenters. The van der Waals surface area contributed by atoms with Gasteiger partial charge in [0.2, 0.25) is 5.00 Å². The minimum atomic E-state index is 0.751. The van der Waals surface area contributed by atoms with Gasteiger partial charge in [-0.25, -0.2) is 14.8 Å². The van der Waals surface area contributed by atoms with E-state index in [-0.39, 0.29) is 0 Å². The Labute approximate surface area is 292 Å². The predicted molar refractivity (Wildman–Crippen MR) is 205 cm³/mol. The van der Waals surface area contributed by atoms with E-state index in [9.17, 15) is 5.26 Å². The van der Waals surface area contributed by atoms with E-state index in [1.807, 2.05) is 12.1 Å². The van der Waals surface area contributed by atoms with Gasteiger partial charge in [0, 0.05) is 38.3 Å². The van der Waals surface area contributed by atoms with Crippen molar-refractivity contribution in [3.63, 3.8) is 0 Å². The predicted octanol–water partition coefficient (Wildman–Crippen LogP) is 13.8. The molecule has 8 aromatic heterocycles. The largest absolute Gasteiger partial charge is 0.243 e. The van der Waals surface area contributed by atoms with E-state index in [4.69, 9.17) is 16.5 Å². The van der Waals surface area contributed by atoms with Gasteiger partial charge >= 0.3 is 0 Å². The molecule has 0 atom stereocenters. The standard InChI is InChI=1S/C34H12N4S8/c1-36-32-13-31-30(44-32)12-28(43-31)21-3-5-23(41-21)34-38-19-7-16-8-24-18(6-15(16)9-25(19)46-34)37-33(45-24)22-4-2-20(40-22)27-11-29-26(42-27)10-17(14-35)39-29/h2-13H. The van der Waals surface area contributed by atoms with E-state index in [1.165, 1.54) is 68.2 Å². The quantitative estimate of drug-likeness (QED) is 0.169. The molecule has 0 fully saturated rings. The second-order valence-electron chi connectivity index (χ2n) is 10.5. The zero-order valence-corrected chi connectivity index (χ0v) is 29.5. The van der Waals surface area contributed by atoms with Crippen LogP contribution in [-0.4, -0.2) is 9.97 Å². The second kappa shape index (κ2) is 10.3. The van der Waals surface area contributed by atoms with E-state index in [0.29, 0.717) is 0 Å². The number of nitrogens with zero attached hydrogens (tertiary/aromatic N) is 4. The Morgan fingerprint density at radius 2 is 1.02 bits per heavy atom. The van der Waals surface area contributed by atoms with Crippen molar-refractivity contribution in [2.75, 3.05) is 0 Å². The van der Waals surface area contributed by atoms with Crippen LogP contribution in [0.3, 0.4) is 0 Å². The van der Waals surface area contributed by atoms with E-state index in [2.05, 4.69) is 71.6 Å². The first-order valence-electron chi connectivity index (χ1n) is 13.8. The lowest BCUT2D eigenvalue weighted by molar-refractivity contribution is 1.50. The number of hydrogen-bond donors (Lipinski definition) is 0. The maximum atomic E-state index is 9.20. The first-order chi connectivity index (χ1) is 22.6. The zero-order chi connectivity index (χ0) is 30.5. The molecule has 0 aliphatic carbocycles. The lowest BCUT2D eigenvalue weighted by Crippen LogP contribution is -1.76. The highest BCUT2D eigenvalue weighted by Crippen LogP contribution is 2.46. The molecular weight excluding hydrogens is 721 g/mol. The molecule has 0 aliphatic heterocycles. The normalized spacial score (nSPS) is 11.9. The maximum Gasteiger partial charge on any atom is 0.243 e. The number of benzene rings is 2. The Morgan fingerprint density at radius 3 is 1.54 bits per heavy atom. The highest BCUT2D eigenvalue weighted by atomic mass is 32.1. The van der Waals surface area contributed by atoms with Crippen molar-refractivity contribution < 1.29 is 0 Å². The van der Waals surface area contributed by atoms with Crippen molar-refractivity contribution in [2.24, 2.45) is 0 Å².